The van der Waals surface area contributed by atoms with Crippen LogP contribution < -0.4 is 10.6 Å². The Kier molecular flexibility index (Phi) is 8.30. The normalized spacial score (nSPS) is 14.6. The minimum absolute atomic E-state index is 0. The monoisotopic (exact) mass is 407 g/mol. The molecule has 2 rings (SSSR count). The molecule has 0 amide bonds. The van der Waals surface area contributed by atoms with Crippen LogP contribution in [-0.4, -0.2) is 25.1 Å². The van der Waals surface area contributed by atoms with Crippen LogP contribution in [0.3, 0.4) is 0 Å². The van der Waals surface area contributed by atoms with E-state index in [1.54, 1.807) is 0 Å². The van der Waals surface area contributed by atoms with E-state index in [0.29, 0.717) is 6.04 Å². The van der Waals surface area contributed by atoms with E-state index in [1.807, 2.05) is 12.1 Å². The molecular formula is C15H23ClIN3. The summed E-state index contributed by atoms with van der Waals surface area (Å²) in [5.74, 6) is 0.959. The van der Waals surface area contributed by atoms with Crippen LogP contribution in [0.15, 0.2) is 29.3 Å². The second-order valence-electron chi connectivity index (χ2n) is 4.91. The van der Waals surface area contributed by atoms with Gasteiger partial charge in [-0.3, -0.25) is 4.99 Å². The average molecular weight is 408 g/mol. The lowest BCUT2D eigenvalue weighted by molar-refractivity contribution is 0.782. The molecule has 0 saturated heterocycles. The zero-order valence-electron chi connectivity index (χ0n) is 11.9. The Hall–Kier alpha value is -0.490. The first kappa shape index (κ1) is 17.6. The molecule has 5 heteroatoms. The zero-order chi connectivity index (χ0) is 13.5. The van der Waals surface area contributed by atoms with Gasteiger partial charge in [0.25, 0.3) is 0 Å². The van der Waals surface area contributed by atoms with Gasteiger partial charge in [0.2, 0.25) is 0 Å². The van der Waals surface area contributed by atoms with E-state index in [9.17, 15) is 0 Å². The second kappa shape index (κ2) is 9.45. The van der Waals surface area contributed by atoms with Crippen LogP contribution in [0.5, 0.6) is 0 Å². The number of aryl methyl sites for hydroxylation is 1. The fourth-order valence-electron chi connectivity index (χ4n) is 1.87. The summed E-state index contributed by atoms with van der Waals surface area (Å²) < 4.78 is 0. The number of nitrogens with one attached hydrogen (secondary N) is 2. The molecule has 3 nitrogen and oxygen atoms in total. The van der Waals surface area contributed by atoms with E-state index in [-0.39, 0.29) is 24.0 Å². The molecule has 1 saturated carbocycles. The maximum absolute atomic E-state index is 5.87. The van der Waals surface area contributed by atoms with Gasteiger partial charge >= 0.3 is 0 Å². The molecule has 1 aromatic rings. The van der Waals surface area contributed by atoms with Crippen molar-refractivity contribution in [2.24, 2.45) is 4.99 Å². The molecule has 0 atom stereocenters. The van der Waals surface area contributed by atoms with Crippen LogP contribution in [0.25, 0.3) is 0 Å². The summed E-state index contributed by atoms with van der Waals surface area (Å²) in [6, 6.07) is 8.70. The number of benzene rings is 1. The molecule has 1 fully saturated rings. The minimum Gasteiger partial charge on any atom is -0.357 e. The van der Waals surface area contributed by atoms with E-state index >= 15 is 0 Å². The molecule has 1 aromatic carbocycles. The Morgan fingerprint density at radius 2 is 2.00 bits per heavy atom. The van der Waals surface area contributed by atoms with Gasteiger partial charge in [-0.2, -0.15) is 0 Å². The molecule has 0 spiro atoms. The van der Waals surface area contributed by atoms with Crippen molar-refractivity contribution in [3.63, 3.8) is 0 Å². The van der Waals surface area contributed by atoms with Crippen LogP contribution in [0, 0.1) is 0 Å². The van der Waals surface area contributed by atoms with Crippen molar-refractivity contribution in [1.82, 2.24) is 10.6 Å². The lowest BCUT2D eigenvalue weighted by Crippen LogP contribution is -2.38. The molecule has 112 valence electrons. The summed E-state index contributed by atoms with van der Waals surface area (Å²) in [6.45, 7) is 3.86. The lowest BCUT2D eigenvalue weighted by Gasteiger charge is -2.10. The molecule has 0 bridgehead atoms. The number of rotatable bonds is 6. The predicted molar refractivity (Wildman–Crippen MR) is 97.3 cm³/mol. The van der Waals surface area contributed by atoms with Crippen molar-refractivity contribution in [2.45, 2.75) is 38.6 Å². The Bertz CT molecular complexity index is 416. The minimum atomic E-state index is 0. The summed E-state index contributed by atoms with van der Waals surface area (Å²) in [4.78, 5) is 4.59. The van der Waals surface area contributed by atoms with Crippen LogP contribution in [0.4, 0.5) is 0 Å². The predicted octanol–water partition coefficient (Wildman–Crippen LogP) is 3.61. The van der Waals surface area contributed by atoms with Gasteiger partial charge in [-0.25, -0.2) is 0 Å². The first-order valence-electron chi connectivity index (χ1n) is 7.07. The molecule has 0 aromatic heterocycles. The molecule has 0 heterocycles. The van der Waals surface area contributed by atoms with Gasteiger partial charge in [0, 0.05) is 24.2 Å². The maximum atomic E-state index is 5.87. The quantitative estimate of drug-likeness (QED) is 0.327. The highest BCUT2D eigenvalue weighted by molar-refractivity contribution is 14.0. The molecular weight excluding hydrogens is 385 g/mol. The third kappa shape index (κ3) is 6.79. The second-order valence-corrected chi connectivity index (χ2v) is 5.35. The van der Waals surface area contributed by atoms with Crippen molar-refractivity contribution in [1.29, 1.82) is 0 Å². The van der Waals surface area contributed by atoms with Crippen LogP contribution in [0.2, 0.25) is 5.02 Å². The lowest BCUT2D eigenvalue weighted by atomic mass is 10.1. The van der Waals surface area contributed by atoms with Crippen molar-refractivity contribution in [2.75, 3.05) is 13.1 Å². The highest BCUT2D eigenvalue weighted by atomic mass is 127. The van der Waals surface area contributed by atoms with Crippen molar-refractivity contribution < 1.29 is 0 Å². The third-order valence-electron chi connectivity index (χ3n) is 3.07. The number of hydrogen-bond acceptors (Lipinski definition) is 1. The van der Waals surface area contributed by atoms with E-state index in [2.05, 4.69) is 34.7 Å². The topological polar surface area (TPSA) is 36.4 Å². The Balaban J connectivity index is 0.00000200. The standard InChI is InChI=1S/C15H22ClN3.HI/c1-2-17-15(19-14-9-10-14)18-11-3-4-12-5-7-13(16)8-6-12;/h5-8,14H,2-4,9-11H2,1H3,(H2,17,18,19);1H. The highest BCUT2D eigenvalue weighted by Gasteiger charge is 2.21. The summed E-state index contributed by atoms with van der Waals surface area (Å²) in [7, 11) is 0. The molecule has 2 N–H and O–H groups in total. The van der Waals surface area contributed by atoms with E-state index in [1.165, 1.54) is 18.4 Å². The van der Waals surface area contributed by atoms with E-state index in [4.69, 9.17) is 11.6 Å². The van der Waals surface area contributed by atoms with Crippen molar-refractivity contribution >= 4 is 41.5 Å². The highest BCUT2D eigenvalue weighted by Crippen LogP contribution is 2.18. The van der Waals surface area contributed by atoms with Gasteiger partial charge in [-0.15, -0.1) is 24.0 Å². The first-order valence-corrected chi connectivity index (χ1v) is 7.45. The maximum Gasteiger partial charge on any atom is 0.191 e. The molecule has 20 heavy (non-hydrogen) atoms. The number of halogens is 2. The van der Waals surface area contributed by atoms with Gasteiger partial charge in [-0.1, -0.05) is 23.7 Å². The summed E-state index contributed by atoms with van der Waals surface area (Å²) in [5.41, 5.74) is 1.32. The van der Waals surface area contributed by atoms with Crippen LogP contribution >= 0.6 is 35.6 Å². The van der Waals surface area contributed by atoms with E-state index < -0.39 is 0 Å². The third-order valence-corrected chi connectivity index (χ3v) is 3.32. The van der Waals surface area contributed by atoms with Gasteiger partial charge in [0.1, 0.15) is 0 Å². The smallest absolute Gasteiger partial charge is 0.191 e. The fourth-order valence-corrected chi connectivity index (χ4v) is 1.99. The SMILES string of the molecule is CCNC(=NCCCc1ccc(Cl)cc1)NC1CC1.I. The first-order chi connectivity index (χ1) is 9.28. The average Bonchev–Trinajstić information content (AvgIpc) is 3.21. The number of guanidine groups is 1. The fraction of sp³-hybridized carbons (Fsp3) is 0.533. The molecule has 1 aliphatic rings. The van der Waals surface area contributed by atoms with Crippen molar-refractivity contribution in [3.05, 3.63) is 34.9 Å². The van der Waals surface area contributed by atoms with Gasteiger partial charge < -0.3 is 10.6 Å². The number of hydrogen-bond donors (Lipinski definition) is 2. The van der Waals surface area contributed by atoms with Gasteiger partial charge in [0.15, 0.2) is 5.96 Å². The van der Waals surface area contributed by atoms with Gasteiger partial charge in [0.05, 0.1) is 0 Å². The Labute approximate surface area is 143 Å². The summed E-state index contributed by atoms with van der Waals surface area (Å²) >= 11 is 5.87. The molecule has 1 aliphatic carbocycles. The van der Waals surface area contributed by atoms with Crippen LogP contribution in [-0.2, 0) is 6.42 Å². The molecule has 0 aliphatic heterocycles. The number of aliphatic imine (C=N–C) groups is 1. The van der Waals surface area contributed by atoms with Crippen molar-refractivity contribution in [3.8, 4) is 0 Å². The largest absolute Gasteiger partial charge is 0.357 e. The van der Waals surface area contributed by atoms with Gasteiger partial charge in [-0.05, 0) is 50.3 Å². The van der Waals surface area contributed by atoms with E-state index in [0.717, 1.165) is 36.9 Å². The summed E-state index contributed by atoms with van der Waals surface area (Å²) in [5, 5.41) is 7.50. The molecule has 0 unspecified atom stereocenters. The zero-order valence-corrected chi connectivity index (χ0v) is 14.9. The Morgan fingerprint density at radius 1 is 1.30 bits per heavy atom. The van der Waals surface area contributed by atoms with Crippen LogP contribution in [0.1, 0.15) is 31.7 Å². The molecule has 0 radical (unpaired) electrons. The number of nitrogens with zero attached hydrogens (tertiary/aromatic N) is 1. The Morgan fingerprint density at radius 3 is 2.60 bits per heavy atom. The summed E-state index contributed by atoms with van der Waals surface area (Å²) in [6.07, 6.45) is 4.65.